The fraction of sp³-hybridized carbons (Fsp3) is 0.217. The molecule has 0 atom stereocenters. The summed E-state index contributed by atoms with van der Waals surface area (Å²) < 4.78 is 0. The quantitative estimate of drug-likeness (QED) is 0.571. The van der Waals surface area contributed by atoms with Crippen LogP contribution in [0.1, 0.15) is 47.2 Å². The smallest absolute Gasteiger partial charge is 0.00676 e. The van der Waals surface area contributed by atoms with Crippen LogP contribution in [0.4, 0.5) is 0 Å². The molecule has 0 heterocycles. The SMILES string of the molecule is C=Cc1c(/C=C\C)ccc(C)c1-c1c(C)ccc(C)c1/C=C\C. The molecule has 0 nitrogen and oxygen atoms in total. The average Bonchev–Trinajstić information content (AvgIpc) is 2.53. The number of hydrogen-bond acceptors (Lipinski definition) is 0. The lowest BCUT2D eigenvalue weighted by Gasteiger charge is -2.19. The third kappa shape index (κ3) is 3.22. The second kappa shape index (κ2) is 7.28. The van der Waals surface area contributed by atoms with Crippen molar-refractivity contribution in [2.75, 3.05) is 0 Å². The minimum atomic E-state index is 1.21. The standard InChI is InChI=1S/C23H26/c1-7-10-19-15-14-18(6)22(20(19)9-3)23-17(5)13-12-16(4)21(23)11-8-2/h7-15H,3H2,1-2,4-6H3/b10-7-,11-8-. The summed E-state index contributed by atoms with van der Waals surface area (Å²) in [6.45, 7) is 14.8. The van der Waals surface area contributed by atoms with Crippen molar-refractivity contribution in [3.8, 4) is 11.1 Å². The molecule has 0 unspecified atom stereocenters. The van der Waals surface area contributed by atoms with Crippen molar-refractivity contribution in [1.82, 2.24) is 0 Å². The first-order chi connectivity index (χ1) is 11.0. The lowest BCUT2D eigenvalue weighted by Crippen LogP contribution is -1.98. The van der Waals surface area contributed by atoms with E-state index >= 15 is 0 Å². The van der Waals surface area contributed by atoms with Crippen LogP contribution in [0.25, 0.3) is 29.4 Å². The van der Waals surface area contributed by atoms with E-state index in [-0.39, 0.29) is 0 Å². The molecule has 0 aliphatic carbocycles. The Morgan fingerprint density at radius 2 is 1.22 bits per heavy atom. The van der Waals surface area contributed by atoms with Gasteiger partial charge in [-0.3, -0.25) is 0 Å². The summed E-state index contributed by atoms with van der Waals surface area (Å²) in [5.41, 5.74) is 10.2. The Kier molecular flexibility index (Phi) is 5.39. The van der Waals surface area contributed by atoms with E-state index in [0.717, 1.165) is 0 Å². The molecular weight excluding hydrogens is 276 g/mol. The molecule has 2 rings (SSSR count). The zero-order valence-corrected chi connectivity index (χ0v) is 14.9. The number of benzene rings is 2. The zero-order valence-electron chi connectivity index (χ0n) is 14.9. The highest BCUT2D eigenvalue weighted by Crippen LogP contribution is 2.37. The molecule has 0 bridgehead atoms. The lowest BCUT2D eigenvalue weighted by atomic mass is 9.85. The summed E-state index contributed by atoms with van der Waals surface area (Å²) in [6.07, 6.45) is 10.5. The Morgan fingerprint density at radius 3 is 1.78 bits per heavy atom. The molecule has 0 aliphatic rings. The molecule has 0 aliphatic heterocycles. The number of hydrogen-bond donors (Lipinski definition) is 0. The van der Waals surface area contributed by atoms with E-state index in [1.54, 1.807) is 0 Å². The molecular formula is C23H26. The maximum Gasteiger partial charge on any atom is -0.00676 e. The van der Waals surface area contributed by atoms with E-state index < -0.39 is 0 Å². The molecule has 0 aromatic heterocycles. The summed E-state index contributed by atoms with van der Waals surface area (Å²) in [6, 6.07) is 8.80. The fourth-order valence-electron chi connectivity index (χ4n) is 3.17. The lowest BCUT2D eigenvalue weighted by molar-refractivity contribution is 1.34. The van der Waals surface area contributed by atoms with Crippen LogP contribution in [-0.4, -0.2) is 0 Å². The molecule has 23 heavy (non-hydrogen) atoms. The molecule has 118 valence electrons. The van der Waals surface area contributed by atoms with Gasteiger partial charge in [-0.15, -0.1) is 0 Å². The minimum absolute atomic E-state index is 1.21. The van der Waals surface area contributed by atoms with Gasteiger partial charge in [0.15, 0.2) is 0 Å². The van der Waals surface area contributed by atoms with Gasteiger partial charge in [-0.05, 0) is 79.1 Å². The summed E-state index contributed by atoms with van der Waals surface area (Å²) >= 11 is 0. The molecule has 0 amide bonds. The van der Waals surface area contributed by atoms with Gasteiger partial charge in [0.1, 0.15) is 0 Å². The van der Waals surface area contributed by atoms with Crippen molar-refractivity contribution in [3.63, 3.8) is 0 Å². The number of allylic oxidation sites excluding steroid dienone is 2. The highest BCUT2D eigenvalue weighted by molar-refractivity contribution is 5.89. The van der Waals surface area contributed by atoms with E-state index in [9.17, 15) is 0 Å². The molecule has 0 saturated carbocycles. The Bertz CT molecular complexity index is 786. The Balaban J connectivity index is 2.95. The van der Waals surface area contributed by atoms with Crippen molar-refractivity contribution in [2.45, 2.75) is 34.6 Å². The van der Waals surface area contributed by atoms with Crippen LogP contribution < -0.4 is 0 Å². The molecule has 2 aromatic rings. The van der Waals surface area contributed by atoms with Crippen LogP contribution in [0.2, 0.25) is 0 Å². The van der Waals surface area contributed by atoms with E-state index in [2.05, 4.69) is 89.8 Å². The van der Waals surface area contributed by atoms with Gasteiger partial charge in [-0.25, -0.2) is 0 Å². The van der Waals surface area contributed by atoms with Gasteiger partial charge in [-0.2, -0.15) is 0 Å². The first-order valence-corrected chi connectivity index (χ1v) is 8.17. The third-order valence-electron chi connectivity index (χ3n) is 4.29. The first-order valence-electron chi connectivity index (χ1n) is 8.17. The van der Waals surface area contributed by atoms with Gasteiger partial charge in [0.05, 0.1) is 0 Å². The first kappa shape index (κ1) is 17.0. The van der Waals surface area contributed by atoms with E-state index in [4.69, 9.17) is 0 Å². The van der Waals surface area contributed by atoms with Gasteiger partial charge in [0.25, 0.3) is 0 Å². The average molecular weight is 302 g/mol. The second-order valence-corrected chi connectivity index (χ2v) is 5.95. The Labute approximate surface area is 140 Å². The maximum absolute atomic E-state index is 4.08. The predicted molar refractivity (Wildman–Crippen MR) is 106 cm³/mol. The van der Waals surface area contributed by atoms with E-state index in [1.807, 2.05) is 6.08 Å². The maximum atomic E-state index is 4.08. The second-order valence-electron chi connectivity index (χ2n) is 5.95. The van der Waals surface area contributed by atoms with Crippen LogP contribution >= 0.6 is 0 Å². The van der Waals surface area contributed by atoms with Crippen molar-refractivity contribution in [3.05, 3.63) is 76.4 Å². The highest BCUT2D eigenvalue weighted by atomic mass is 14.2. The van der Waals surface area contributed by atoms with Gasteiger partial charge in [-0.1, -0.05) is 61.2 Å². The monoisotopic (exact) mass is 302 g/mol. The number of aryl methyl sites for hydroxylation is 3. The van der Waals surface area contributed by atoms with Gasteiger partial charge >= 0.3 is 0 Å². The molecule has 0 spiro atoms. The van der Waals surface area contributed by atoms with E-state index in [1.165, 1.54) is 44.5 Å². The molecule has 0 heteroatoms. The summed E-state index contributed by atoms with van der Waals surface area (Å²) in [5.74, 6) is 0. The summed E-state index contributed by atoms with van der Waals surface area (Å²) in [7, 11) is 0. The largest absolute Gasteiger partial charge is 0.0984 e. The number of rotatable bonds is 4. The predicted octanol–water partition coefficient (Wildman–Crippen LogP) is 6.99. The van der Waals surface area contributed by atoms with Crippen LogP contribution in [0.5, 0.6) is 0 Å². The normalized spacial score (nSPS) is 11.5. The molecule has 2 aromatic carbocycles. The summed E-state index contributed by atoms with van der Waals surface area (Å²) in [5, 5.41) is 0. The van der Waals surface area contributed by atoms with Crippen LogP contribution in [0.3, 0.4) is 0 Å². The zero-order chi connectivity index (χ0) is 17.0. The summed E-state index contributed by atoms with van der Waals surface area (Å²) in [4.78, 5) is 0. The van der Waals surface area contributed by atoms with Gasteiger partial charge < -0.3 is 0 Å². The topological polar surface area (TPSA) is 0 Å². The Morgan fingerprint density at radius 1 is 0.696 bits per heavy atom. The molecule has 0 N–H and O–H groups in total. The fourth-order valence-corrected chi connectivity index (χ4v) is 3.17. The van der Waals surface area contributed by atoms with Crippen molar-refractivity contribution in [1.29, 1.82) is 0 Å². The van der Waals surface area contributed by atoms with Crippen molar-refractivity contribution >= 4 is 18.2 Å². The van der Waals surface area contributed by atoms with Gasteiger partial charge in [0, 0.05) is 0 Å². The molecule has 0 saturated heterocycles. The van der Waals surface area contributed by atoms with Crippen molar-refractivity contribution in [2.24, 2.45) is 0 Å². The van der Waals surface area contributed by atoms with Crippen molar-refractivity contribution < 1.29 is 0 Å². The minimum Gasteiger partial charge on any atom is -0.0984 e. The molecule has 0 fully saturated rings. The van der Waals surface area contributed by atoms with Crippen LogP contribution in [0, 0.1) is 20.8 Å². The molecule has 0 radical (unpaired) electrons. The third-order valence-corrected chi connectivity index (χ3v) is 4.29. The van der Waals surface area contributed by atoms with Crippen LogP contribution in [-0.2, 0) is 0 Å². The Hall–Kier alpha value is -2.34. The van der Waals surface area contributed by atoms with E-state index in [0.29, 0.717) is 0 Å². The highest BCUT2D eigenvalue weighted by Gasteiger charge is 2.15. The van der Waals surface area contributed by atoms with Crippen LogP contribution in [0.15, 0.2) is 43.0 Å². The van der Waals surface area contributed by atoms with Gasteiger partial charge in [0.2, 0.25) is 0 Å².